The molecule has 0 amide bonds. The second kappa shape index (κ2) is 9.95. The zero-order valence-corrected chi connectivity index (χ0v) is 18.6. The maximum Gasteiger partial charge on any atom is 0.177 e. The fraction of sp³-hybridized carbons (Fsp3) is 0.200. The number of imidazole rings is 1. The van der Waals surface area contributed by atoms with E-state index in [0.717, 1.165) is 41.0 Å². The molecule has 3 aromatic rings. The van der Waals surface area contributed by atoms with E-state index in [1.807, 2.05) is 60.3 Å². The first-order valence-electron chi connectivity index (χ1n) is 10.9. The van der Waals surface area contributed by atoms with Crippen molar-refractivity contribution in [3.05, 3.63) is 85.1 Å². The summed E-state index contributed by atoms with van der Waals surface area (Å²) >= 11 is 0. The van der Waals surface area contributed by atoms with Crippen molar-refractivity contribution in [1.82, 2.24) is 24.8 Å². The smallest absolute Gasteiger partial charge is 0.177 e. The first-order chi connectivity index (χ1) is 16.1. The third-order valence-corrected chi connectivity index (χ3v) is 5.37. The molecule has 1 saturated carbocycles. The van der Waals surface area contributed by atoms with Crippen LogP contribution in [-0.4, -0.2) is 44.7 Å². The van der Waals surface area contributed by atoms with Gasteiger partial charge in [-0.3, -0.25) is 15.4 Å². The Labute approximate surface area is 194 Å². The second-order valence-electron chi connectivity index (χ2n) is 7.84. The van der Waals surface area contributed by atoms with Gasteiger partial charge in [0.25, 0.3) is 0 Å². The molecule has 4 N–H and O–H groups in total. The van der Waals surface area contributed by atoms with E-state index in [-0.39, 0.29) is 7.47 Å². The number of anilines is 1. The summed E-state index contributed by atoms with van der Waals surface area (Å²) in [4.78, 5) is 10.4. The average molecular weight is 443 g/mol. The Morgan fingerprint density at radius 1 is 1.30 bits per heavy atom. The first-order valence-corrected chi connectivity index (χ1v) is 10.9. The molecule has 0 saturated heterocycles. The molecule has 0 bridgehead atoms. The molecule has 0 atom stereocenters. The van der Waals surface area contributed by atoms with Crippen molar-refractivity contribution >= 4 is 34.7 Å². The van der Waals surface area contributed by atoms with Crippen molar-refractivity contribution in [1.29, 1.82) is 10.8 Å². The zero-order chi connectivity index (χ0) is 23.2. The van der Waals surface area contributed by atoms with Crippen LogP contribution in [0.1, 0.15) is 26.3 Å². The fourth-order valence-electron chi connectivity index (χ4n) is 3.55. The molecule has 33 heavy (non-hydrogen) atoms. The highest BCUT2D eigenvalue weighted by atomic mass is 15.2. The molecule has 2 aromatic heterocycles. The molecule has 2 heterocycles. The lowest BCUT2D eigenvalue weighted by molar-refractivity contribution is 0.608. The molecule has 8 heteroatoms. The Morgan fingerprint density at radius 3 is 2.91 bits per heavy atom. The molecule has 1 aromatic carbocycles. The number of rotatable bonds is 10. The topological polar surface area (TPSA) is 106 Å². The highest BCUT2D eigenvalue weighted by molar-refractivity contribution is 6.03. The van der Waals surface area contributed by atoms with E-state index in [0.29, 0.717) is 17.9 Å². The Balaban J connectivity index is 0.00000324. The van der Waals surface area contributed by atoms with Crippen molar-refractivity contribution in [2.75, 3.05) is 12.4 Å². The molecule has 0 spiro atoms. The third-order valence-electron chi connectivity index (χ3n) is 5.37. The van der Waals surface area contributed by atoms with Gasteiger partial charge in [0.15, 0.2) is 5.65 Å². The molecule has 1 fully saturated rings. The molecule has 1 aliphatic rings. The number of hydrogen-bond donors (Lipinski definition) is 4. The lowest BCUT2D eigenvalue weighted by Crippen LogP contribution is -2.31. The number of pyridine rings is 1. The monoisotopic (exact) mass is 442 g/mol. The minimum Gasteiger partial charge on any atom is -0.394 e. The lowest BCUT2D eigenvalue weighted by atomic mass is 10.1. The standard InChI is InChI=1S/C25H28N8.H2/c1-18(31-20-6-3-5-19(15-20)24(27)32(16-26)21-10-11-21)8-9-22(12-14-28-2)33-17-30-25-23(33)7-4-13-29-25;/h3-7,9,12-17,21,26-28,31H,1,8,10-11H2,2H3;1H/b14-12-,22-9+,26-16?,27-24?;. The van der Waals surface area contributed by atoms with Crippen LogP contribution in [-0.2, 0) is 0 Å². The summed E-state index contributed by atoms with van der Waals surface area (Å²) < 4.78 is 2.00. The third kappa shape index (κ3) is 5.17. The average Bonchev–Trinajstić information content (AvgIpc) is 3.58. The van der Waals surface area contributed by atoms with Crippen LogP contribution < -0.4 is 10.6 Å². The van der Waals surface area contributed by atoms with E-state index < -0.39 is 0 Å². The maximum absolute atomic E-state index is 8.47. The SMILES string of the molecule is C=C(C/C=C(\C=C/NC)n1cnc2ncccc21)Nc1cccc(C(=N)N(C=N)C2CC2)c1.[HH]. The number of benzene rings is 1. The predicted molar refractivity (Wildman–Crippen MR) is 136 cm³/mol. The van der Waals surface area contributed by atoms with Gasteiger partial charge in [-0.25, -0.2) is 9.97 Å². The number of hydrogen-bond acceptors (Lipinski definition) is 6. The number of nitrogens with zero attached hydrogens (tertiary/aromatic N) is 4. The van der Waals surface area contributed by atoms with Crippen molar-refractivity contribution in [2.24, 2.45) is 0 Å². The van der Waals surface area contributed by atoms with Gasteiger partial charge in [-0.1, -0.05) is 24.8 Å². The van der Waals surface area contributed by atoms with E-state index in [1.54, 1.807) is 17.4 Å². The Bertz CT molecular complexity index is 1240. The molecule has 0 radical (unpaired) electrons. The van der Waals surface area contributed by atoms with E-state index in [9.17, 15) is 0 Å². The van der Waals surface area contributed by atoms with Crippen LogP contribution >= 0.6 is 0 Å². The van der Waals surface area contributed by atoms with Crippen molar-refractivity contribution in [3.63, 3.8) is 0 Å². The highest BCUT2D eigenvalue weighted by Gasteiger charge is 2.30. The number of fused-ring (bicyclic) bond motifs is 1. The van der Waals surface area contributed by atoms with Crippen molar-refractivity contribution < 1.29 is 1.43 Å². The quantitative estimate of drug-likeness (QED) is 0.208. The van der Waals surface area contributed by atoms with Crippen LogP contribution in [0.15, 0.2) is 79.6 Å². The van der Waals surface area contributed by atoms with Gasteiger partial charge in [0.1, 0.15) is 12.2 Å². The number of aromatic nitrogens is 3. The van der Waals surface area contributed by atoms with Crippen LogP contribution in [0.4, 0.5) is 5.69 Å². The number of allylic oxidation sites excluding steroid dienone is 3. The summed E-state index contributed by atoms with van der Waals surface area (Å²) in [6.07, 6.45) is 13.3. The number of amidine groups is 1. The van der Waals surface area contributed by atoms with Gasteiger partial charge in [-0.2, -0.15) is 0 Å². The molecule has 4 rings (SSSR count). The minimum absolute atomic E-state index is 0. The number of nitrogens with one attached hydrogen (secondary N) is 4. The van der Waals surface area contributed by atoms with Gasteiger partial charge in [0.05, 0.1) is 11.9 Å². The normalized spacial score (nSPS) is 13.8. The van der Waals surface area contributed by atoms with Gasteiger partial charge in [0, 0.05) is 49.8 Å². The Morgan fingerprint density at radius 2 is 2.15 bits per heavy atom. The fourth-order valence-corrected chi connectivity index (χ4v) is 3.55. The minimum atomic E-state index is 0. The van der Waals surface area contributed by atoms with E-state index in [2.05, 4.69) is 33.3 Å². The summed E-state index contributed by atoms with van der Waals surface area (Å²) in [5.41, 5.74) is 5.03. The Kier molecular flexibility index (Phi) is 6.64. The Hall–Kier alpha value is -4.20. The molecule has 170 valence electrons. The van der Waals surface area contributed by atoms with E-state index in [4.69, 9.17) is 10.8 Å². The molecule has 8 nitrogen and oxygen atoms in total. The van der Waals surface area contributed by atoms with E-state index in [1.165, 1.54) is 6.34 Å². The van der Waals surface area contributed by atoms with Gasteiger partial charge >= 0.3 is 0 Å². The molecular formula is C25H30N8. The molecule has 0 unspecified atom stereocenters. The summed E-state index contributed by atoms with van der Waals surface area (Å²) in [6, 6.07) is 11.9. The first kappa shape index (κ1) is 22.0. The van der Waals surface area contributed by atoms with Crippen LogP contribution in [0.3, 0.4) is 0 Å². The summed E-state index contributed by atoms with van der Waals surface area (Å²) in [6.45, 7) is 4.18. The van der Waals surface area contributed by atoms with E-state index >= 15 is 0 Å². The predicted octanol–water partition coefficient (Wildman–Crippen LogP) is 4.66. The van der Waals surface area contributed by atoms with Crippen molar-refractivity contribution in [3.8, 4) is 0 Å². The van der Waals surface area contributed by atoms with Gasteiger partial charge < -0.3 is 15.5 Å². The van der Waals surface area contributed by atoms with Crippen LogP contribution in [0.25, 0.3) is 16.9 Å². The largest absolute Gasteiger partial charge is 0.394 e. The lowest BCUT2D eigenvalue weighted by Gasteiger charge is -2.20. The van der Waals surface area contributed by atoms with Crippen LogP contribution in [0.5, 0.6) is 0 Å². The summed E-state index contributed by atoms with van der Waals surface area (Å²) in [7, 11) is 1.86. The zero-order valence-electron chi connectivity index (χ0n) is 18.6. The molecule has 0 aliphatic heterocycles. The maximum atomic E-state index is 8.47. The molecular weight excluding hydrogens is 412 g/mol. The molecule has 1 aliphatic carbocycles. The highest BCUT2D eigenvalue weighted by Crippen LogP contribution is 2.27. The second-order valence-corrected chi connectivity index (χ2v) is 7.84. The summed E-state index contributed by atoms with van der Waals surface area (Å²) in [5, 5.41) is 22.5. The van der Waals surface area contributed by atoms with Crippen LogP contribution in [0, 0.1) is 10.8 Å². The van der Waals surface area contributed by atoms with Gasteiger partial charge in [0.2, 0.25) is 0 Å². The van der Waals surface area contributed by atoms with Crippen molar-refractivity contribution in [2.45, 2.75) is 25.3 Å². The van der Waals surface area contributed by atoms with Gasteiger partial charge in [-0.05, 0) is 49.4 Å². The van der Waals surface area contributed by atoms with Crippen LogP contribution in [0.2, 0.25) is 0 Å². The van der Waals surface area contributed by atoms with Gasteiger partial charge in [-0.15, -0.1) is 0 Å². The summed E-state index contributed by atoms with van der Waals surface area (Å²) in [5.74, 6) is 0.349.